The molecule has 0 aliphatic carbocycles. The topological polar surface area (TPSA) is 64.1 Å². The van der Waals surface area contributed by atoms with E-state index in [2.05, 4.69) is 15.6 Å². The zero-order valence-corrected chi connectivity index (χ0v) is 13.7. The predicted molar refractivity (Wildman–Crippen MR) is 88.5 cm³/mol. The summed E-state index contributed by atoms with van der Waals surface area (Å²) in [4.78, 5) is 4.56. The SMILES string of the molecule is CCNC(=NCc1ccccc1OC)NCCOCCOC. The molecule has 1 aromatic carbocycles. The smallest absolute Gasteiger partial charge is 0.191 e. The number of nitrogens with one attached hydrogen (secondary N) is 2. The van der Waals surface area contributed by atoms with Crippen molar-refractivity contribution >= 4 is 5.96 Å². The van der Waals surface area contributed by atoms with Gasteiger partial charge in [0.1, 0.15) is 5.75 Å². The first-order valence-electron chi connectivity index (χ1n) is 7.52. The highest BCUT2D eigenvalue weighted by molar-refractivity contribution is 5.79. The molecule has 0 saturated heterocycles. The first-order valence-corrected chi connectivity index (χ1v) is 7.52. The number of hydrogen-bond acceptors (Lipinski definition) is 4. The lowest BCUT2D eigenvalue weighted by Gasteiger charge is -2.12. The van der Waals surface area contributed by atoms with Crippen LogP contribution in [0.5, 0.6) is 5.75 Å². The molecule has 0 aliphatic heterocycles. The zero-order chi connectivity index (χ0) is 16.0. The Balaban J connectivity index is 2.44. The van der Waals surface area contributed by atoms with E-state index in [1.807, 2.05) is 31.2 Å². The van der Waals surface area contributed by atoms with Crippen LogP contribution in [-0.4, -0.2) is 53.1 Å². The van der Waals surface area contributed by atoms with Crippen LogP contribution in [-0.2, 0) is 16.0 Å². The molecular weight excluding hydrogens is 282 g/mol. The van der Waals surface area contributed by atoms with E-state index in [4.69, 9.17) is 14.2 Å². The maximum Gasteiger partial charge on any atom is 0.191 e. The summed E-state index contributed by atoms with van der Waals surface area (Å²) in [6.45, 7) is 5.93. The molecule has 124 valence electrons. The first kappa shape index (κ1) is 18.3. The van der Waals surface area contributed by atoms with Crippen molar-refractivity contribution < 1.29 is 14.2 Å². The Labute approximate surface area is 132 Å². The molecule has 0 atom stereocenters. The monoisotopic (exact) mass is 309 g/mol. The molecule has 0 heterocycles. The fraction of sp³-hybridized carbons (Fsp3) is 0.562. The van der Waals surface area contributed by atoms with Gasteiger partial charge in [-0.25, -0.2) is 4.99 Å². The quantitative estimate of drug-likeness (QED) is 0.389. The summed E-state index contributed by atoms with van der Waals surface area (Å²) in [7, 11) is 3.33. The molecule has 1 rings (SSSR count). The molecule has 0 unspecified atom stereocenters. The van der Waals surface area contributed by atoms with Gasteiger partial charge in [-0.3, -0.25) is 0 Å². The normalized spacial score (nSPS) is 11.3. The van der Waals surface area contributed by atoms with Crippen molar-refractivity contribution in [3.8, 4) is 5.75 Å². The maximum absolute atomic E-state index is 5.41. The van der Waals surface area contributed by atoms with Crippen LogP contribution >= 0.6 is 0 Å². The molecule has 6 nitrogen and oxygen atoms in total. The van der Waals surface area contributed by atoms with Crippen LogP contribution in [0.2, 0.25) is 0 Å². The summed E-state index contributed by atoms with van der Waals surface area (Å²) in [6.07, 6.45) is 0. The number of ether oxygens (including phenoxy) is 3. The number of methoxy groups -OCH3 is 2. The molecule has 2 N–H and O–H groups in total. The van der Waals surface area contributed by atoms with E-state index in [0.29, 0.717) is 32.9 Å². The van der Waals surface area contributed by atoms with Gasteiger partial charge in [-0.2, -0.15) is 0 Å². The summed E-state index contributed by atoms with van der Waals surface area (Å²) in [6, 6.07) is 7.89. The number of benzene rings is 1. The maximum atomic E-state index is 5.41. The molecule has 0 radical (unpaired) electrons. The molecule has 0 fully saturated rings. The number of guanidine groups is 1. The van der Waals surface area contributed by atoms with Crippen molar-refractivity contribution in [3.05, 3.63) is 29.8 Å². The highest BCUT2D eigenvalue weighted by Crippen LogP contribution is 2.17. The van der Waals surface area contributed by atoms with Gasteiger partial charge >= 0.3 is 0 Å². The number of rotatable bonds is 10. The molecule has 0 saturated carbocycles. The average Bonchev–Trinajstić information content (AvgIpc) is 2.56. The Hall–Kier alpha value is -1.79. The third kappa shape index (κ3) is 7.28. The van der Waals surface area contributed by atoms with E-state index in [9.17, 15) is 0 Å². The second-order valence-electron chi connectivity index (χ2n) is 4.54. The molecule has 0 aliphatic rings. The zero-order valence-electron chi connectivity index (χ0n) is 13.7. The molecule has 1 aromatic rings. The lowest BCUT2D eigenvalue weighted by atomic mass is 10.2. The fourth-order valence-electron chi connectivity index (χ4n) is 1.83. The van der Waals surface area contributed by atoms with Gasteiger partial charge in [0, 0.05) is 25.8 Å². The van der Waals surface area contributed by atoms with Gasteiger partial charge in [0.15, 0.2) is 5.96 Å². The Morgan fingerprint density at radius 2 is 1.91 bits per heavy atom. The highest BCUT2D eigenvalue weighted by atomic mass is 16.5. The van der Waals surface area contributed by atoms with Crippen LogP contribution in [0.25, 0.3) is 0 Å². The van der Waals surface area contributed by atoms with Crippen molar-refractivity contribution in [3.63, 3.8) is 0 Å². The van der Waals surface area contributed by atoms with E-state index in [0.717, 1.165) is 23.8 Å². The van der Waals surface area contributed by atoms with Gasteiger partial charge < -0.3 is 24.8 Å². The molecule has 0 aromatic heterocycles. The van der Waals surface area contributed by atoms with Crippen molar-refractivity contribution in [1.82, 2.24) is 10.6 Å². The third-order valence-electron chi connectivity index (χ3n) is 2.91. The van der Waals surface area contributed by atoms with Crippen LogP contribution in [0.1, 0.15) is 12.5 Å². The first-order chi connectivity index (χ1) is 10.8. The lowest BCUT2D eigenvalue weighted by Crippen LogP contribution is -2.39. The van der Waals surface area contributed by atoms with Gasteiger partial charge in [-0.15, -0.1) is 0 Å². The van der Waals surface area contributed by atoms with Gasteiger partial charge in [-0.1, -0.05) is 18.2 Å². The van der Waals surface area contributed by atoms with Crippen LogP contribution in [0.4, 0.5) is 0 Å². The minimum absolute atomic E-state index is 0.559. The summed E-state index contributed by atoms with van der Waals surface area (Å²) >= 11 is 0. The Morgan fingerprint density at radius 3 is 2.64 bits per heavy atom. The van der Waals surface area contributed by atoms with E-state index < -0.39 is 0 Å². The van der Waals surface area contributed by atoms with Gasteiger partial charge in [0.25, 0.3) is 0 Å². The Bertz CT molecular complexity index is 438. The lowest BCUT2D eigenvalue weighted by molar-refractivity contribution is 0.0733. The van der Waals surface area contributed by atoms with Crippen LogP contribution in [0, 0.1) is 0 Å². The molecule has 6 heteroatoms. The van der Waals surface area contributed by atoms with Gasteiger partial charge in [-0.05, 0) is 13.0 Å². The Kier molecular flexibility index (Phi) is 9.81. The van der Waals surface area contributed by atoms with Crippen LogP contribution in [0.3, 0.4) is 0 Å². The number of nitrogens with zero attached hydrogens (tertiary/aromatic N) is 1. The van der Waals surface area contributed by atoms with Crippen LogP contribution < -0.4 is 15.4 Å². The predicted octanol–water partition coefficient (Wildman–Crippen LogP) is 1.41. The van der Waals surface area contributed by atoms with Gasteiger partial charge in [0.2, 0.25) is 0 Å². The molecule has 0 amide bonds. The highest BCUT2D eigenvalue weighted by Gasteiger charge is 2.02. The average molecular weight is 309 g/mol. The van der Waals surface area contributed by atoms with E-state index in [1.165, 1.54) is 0 Å². The number of para-hydroxylation sites is 1. The van der Waals surface area contributed by atoms with Crippen molar-refractivity contribution in [2.45, 2.75) is 13.5 Å². The van der Waals surface area contributed by atoms with Crippen molar-refractivity contribution in [2.75, 3.05) is 47.1 Å². The minimum Gasteiger partial charge on any atom is -0.496 e. The fourth-order valence-corrected chi connectivity index (χ4v) is 1.83. The third-order valence-corrected chi connectivity index (χ3v) is 2.91. The second kappa shape index (κ2) is 11.8. The Morgan fingerprint density at radius 1 is 1.09 bits per heavy atom. The number of aliphatic imine (C=N–C) groups is 1. The summed E-state index contributed by atoms with van der Waals surface area (Å²) in [5.41, 5.74) is 1.05. The molecule has 22 heavy (non-hydrogen) atoms. The molecule has 0 spiro atoms. The van der Waals surface area contributed by atoms with Gasteiger partial charge in [0.05, 0.1) is 33.5 Å². The van der Waals surface area contributed by atoms with E-state index in [1.54, 1.807) is 14.2 Å². The van der Waals surface area contributed by atoms with E-state index >= 15 is 0 Å². The van der Waals surface area contributed by atoms with E-state index in [-0.39, 0.29) is 0 Å². The van der Waals surface area contributed by atoms with Crippen molar-refractivity contribution in [2.24, 2.45) is 4.99 Å². The number of hydrogen-bond donors (Lipinski definition) is 2. The molecule has 0 bridgehead atoms. The summed E-state index contributed by atoms with van der Waals surface area (Å²) in [5.74, 6) is 1.62. The summed E-state index contributed by atoms with van der Waals surface area (Å²) < 4.78 is 15.7. The largest absolute Gasteiger partial charge is 0.496 e. The standard InChI is InChI=1S/C16H27N3O3/c1-4-17-16(18-9-10-22-12-11-20-2)19-13-14-7-5-6-8-15(14)21-3/h5-8H,4,9-13H2,1-3H3,(H2,17,18,19). The van der Waals surface area contributed by atoms with Crippen molar-refractivity contribution in [1.29, 1.82) is 0 Å². The molecular formula is C16H27N3O3. The second-order valence-corrected chi connectivity index (χ2v) is 4.54. The summed E-state index contributed by atoms with van der Waals surface area (Å²) in [5, 5.41) is 6.45. The minimum atomic E-state index is 0.559. The van der Waals surface area contributed by atoms with Crippen LogP contribution in [0.15, 0.2) is 29.3 Å².